The molecule has 0 unspecified atom stereocenters. The lowest BCUT2D eigenvalue weighted by molar-refractivity contribution is -0.140. The Bertz CT molecular complexity index is 692. The van der Waals surface area contributed by atoms with Crippen LogP contribution in [0.4, 0.5) is 0 Å². The van der Waals surface area contributed by atoms with Gasteiger partial charge in [0.15, 0.2) is 5.16 Å². The number of aromatic nitrogens is 2. The van der Waals surface area contributed by atoms with Crippen LogP contribution in [-0.4, -0.2) is 51.4 Å². The number of amides is 1. The second kappa shape index (κ2) is 7.40. The van der Waals surface area contributed by atoms with Gasteiger partial charge in [-0.1, -0.05) is 42.1 Å². The summed E-state index contributed by atoms with van der Waals surface area (Å²) in [4.78, 5) is 18.8. The third-order valence-corrected chi connectivity index (χ3v) is 5.14. The highest BCUT2D eigenvalue weighted by Gasteiger charge is 2.26. The van der Waals surface area contributed by atoms with Gasteiger partial charge in [-0.3, -0.25) is 4.79 Å². The molecule has 3 rings (SSSR count). The Labute approximate surface area is 147 Å². The highest BCUT2D eigenvalue weighted by Crippen LogP contribution is 2.25. The maximum Gasteiger partial charge on any atom is 0.233 e. The molecule has 0 radical (unpaired) electrons. The number of carbonyl (C=O) groups excluding carboxylic acids is 1. The lowest BCUT2D eigenvalue weighted by Gasteiger charge is -2.35. The van der Waals surface area contributed by atoms with E-state index in [2.05, 4.69) is 17.1 Å². The zero-order valence-corrected chi connectivity index (χ0v) is 15.1. The molecule has 1 aliphatic rings. The summed E-state index contributed by atoms with van der Waals surface area (Å²) in [5.74, 6) is 0.546. The molecule has 1 saturated heterocycles. The van der Waals surface area contributed by atoms with Gasteiger partial charge in [0.25, 0.3) is 0 Å². The van der Waals surface area contributed by atoms with Gasteiger partial charge in [-0.15, -0.1) is 0 Å². The first kappa shape index (κ1) is 17.0. The molecule has 6 heteroatoms. The summed E-state index contributed by atoms with van der Waals surface area (Å²) in [7, 11) is 1.99. The first-order valence-electron chi connectivity index (χ1n) is 8.17. The number of ether oxygens (including phenoxy) is 1. The summed E-state index contributed by atoms with van der Waals surface area (Å²) >= 11 is 1.49. The summed E-state index contributed by atoms with van der Waals surface area (Å²) in [5, 5.41) is 0.858. The number of imidazole rings is 1. The van der Waals surface area contributed by atoms with Crippen molar-refractivity contribution in [2.45, 2.75) is 31.2 Å². The number of morpholine rings is 1. The maximum absolute atomic E-state index is 12.5. The number of carbonyl (C=O) groups is 1. The van der Waals surface area contributed by atoms with Crippen molar-refractivity contribution in [3.8, 4) is 11.3 Å². The minimum atomic E-state index is 0.0977. The Balaban J connectivity index is 1.63. The van der Waals surface area contributed by atoms with Gasteiger partial charge in [0.05, 0.1) is 29.9 Å². The topological polar surface area (TPSA) is 47.4 Å². The molecule has 0 bridgehead atoms. The predicted octanol–water partition coefficient (Wildman–Crippen LogP) is 2.82. The van der Waals surface area contributed by atoms with E-state index in [0.717, 1.165) is 16.4 Å². The van der Waals surface area contributed by atoms with E-state index >= 15 is 0 Å². The third-order valence-electron chi connectivity index (χ3n) is 4.11. The summed E-state index contributed by atoms with van der Waals surface area (Å²) in [6.07, 6.45) is 2.06. The molecule has 0 aliphatic carbocycles. The lowest BCUT2D eigenvalue weighted by Crippen LogP contribution is -2.48. The van der Waals surface area contributed by atoms with Crippen molar-refractivity contribution in [2.24, 2.45) is 7.05 Å². The Kier molecular flexibility index (Phi) is 5.26. The number of benzene rings is 1. The van der Waals surface area contributed by atoms with Crippen LogP contribution in [0.15, 0.2) is 41.7 Å². The minimum Gasteiger partial charge on any atom is -0.372 e. The first-order chi connectivity index (χ1) is 11.5. The second-order valence-electron chi connectivity index (χ2n) is 6.20. The van der Waals surface area contributed by atoms with Crippen LogP contribution in [-0.2, 0) is 16.6 Å². The molecule has 2 heterocycles. The van der Waals surface area contributed by atoms with Crippen molar-refractivity contribution in [2.75, 3.05) is 18.8 Å². The van der Waals surface area contributed by atoms with Crippen molar-refractivity contribution < 1.29 is 9.53 Å². The van der Waals surface area contributed by atoms with Gasteiger partial charge in [-0.05, 0) is 19.4 Å². The molecule has 0 N–H and O–H groups in total. The number of hydrogen-bond donors (Lipinski definition) is 0. The quantitative estimate of drug-likeness (QED) is 0.800. The van der Waals surface area contributed by atoms with Crippen LogP contribution in [0.25, 0.3) is 11.3 Å². The zero-order chi connectivity index (χ0) is 17.1. The third kappa shape index (κ3) is 3.82. The molecule has 0 spiro atoms. The lowest BCUT2D eigenvalue weighted by atomic mass is 10.2. The predicted molar refractivity (Wildman–Crippen MR) is 96.0 cm³/mol. The van der Waals surface area contributed by atoms with Gasteiger partial charge < -0.3 is 14.2 Å². The van der Waals surface area contributed by atoms with Gasteiger partial charge >= 0.3 is 0 Å². The number of hydrogen-bond acceptors (Lipinski definition) is 4. The van der Waals surface area contributed by atoms with E-state index in [1.54, 1.807) is 0 Å². The molecule has 128 valence electrons. The van der Waals surface area contributed by atoms with Crippen LogP contribution in [0.5, 0.6) is 0 Å². The molecule has 1 aromatic heterocycles. The van der Waals surface area contributed by atoms with Gasteiger partial charge in [0.1, 0.15) is 0 Å². The van der Waals surface area contributed by atoms with Crippen molar-refractivity contribution in [3.05, 3.63) is 36.5 Å². The molecule has 0 saturated carbocycles. The van der Waals surface area contributed by atoms with E-state index in [-0.39, 0.29) is 18.1 Å². The van der Waals surface area contributed by atoms with Gasteiger partial charge in [0.2, 0.25) is 5.91 Å². The van der Waals surface area contributed by atoms with Gasteiger partial charge in [-0.25, -0.2) is 4.98 Å². The van der Waals surface area contributed by atoms with E-state index in [9.17, 15) is 4.79 Å². The summed E-state index contributed by atoms with van der Waals surface area (Å²) < 4.78 is 7.72. The summed E-state index contributed by atoms with van der Waals surface area (Å²) in [6.45, 7) is 5.35. The van der Waals surface area contributed by atoms with Crippen molar-refractivity contribution >= 4 is 17.7 Å². The molecular weight excluding hydrogens is 322 g/mol. The van der Waals surface area contributed by atoms with Crippen LogP contribution in [0.2, 0.25) is 0 Å². The Hall–Kier alpha value is -1.79. The normalized spacial score (nSPS) is 21.0. The fraction of sp³-hybridized carbons (Fsp3) is 0.444. The van der Waals surface area contributed by atoms with Gasteiger partial charge in [-0.2, -0.15) is 0 Å². The van der Waals surface area contributed by atoms with Gasteiger partial charge in [0, 0.05) is 20.1 Å². The molecule has 1 aromatic carbocycles. The Morgan fingerprint density at radius 1 is 1.25 bits per heavy atom. The van der Waals surface area contributed by atoms with E-state index in [4.69, 9.17) is 4.74 Å². The molecule has 1 aliphatic heterocycles. The smallest absolute Gasteiger partial charge is 0.233 e. The Morgan fingerprint density at radius 2 is 1.92 bits per heavy atom. The summed E-state index contributed by atoms with van der Waals surface area (Å²) in [5.41, 5.74) is 2.18. The number of nitrogens with zero attached hydrogens (tertiary/aromatic N) is 3. The number of rotatable bonds is 4. The van der Waals surface area contributed by atoms with Crippen LogP contribution in [0, 0.1) is 0 Å². The monoisotopic (exact) mass is 345 g/mol. The molecule has 1 fully saturated rings. The van der Waals surface area contributed by atoms with Crippen LogP contribution < -0.4 is 0 Å². The second-order valence-corrected chi connectivity index (χ2v) is 7.14. The van der Waals surface area contributed by atoms with E-state index < -0.39 is 0 Å². The molecule has 2 aromatic rings. The fourth-order valence-electron chi connectivity index (χ4n) is 3.00. The zero-order valence-electron chi connectivity index (χ0n) is 14.3. The number of thioether (sulfide) groups is 1. The van der Waals surface area contributed by atoms with E-state index in [0.29, 0.717) is 18.8 Å². The van der Waals surface area contributed by atoms with Crippen molar-refractivity contribution in [1.29, 1.82) is 0 Å². The SMILES string of the molecule is C[C@H]1CN(C(=O)CSc2ncc(-c3ccccc3)n2C)C[C@H](C)O1. The fourth-order valence-corrected chi connectivity index (χ4v) is 3.86. The minimum absolute atomic E-state index is 0.0977. The average molecular weight is 345 g/mol. The highest BCUT2D eigenvalue weighted by atomic mass is 32.2. The molecule has 24 heavy (non-hydrogen) atoms. The van der Waals surface area contributed by atoms with Crippen molar-refractivity contribution in [3.63, 3.8) is 0 Å². The maximum atomic E-state index is 12.5. The van der Waals surface area contributed by atoms with E-state index in [1.807, 2.05) is 54.8 Å². The van der Waals surface area contributed by atoms with Crippen LogP contribution in [0.1, 0.15) is 13.8 Å². The largest absolute Gasteiger partial charge is 0.372 e. The average Bonchev–Trinajstić information content (AvgIpc) is 2.93. The standard InChI is InChI=1S/C18H23N3O2S/c1-13-10-21(11-14(2)23-13)17(22)12-24-18-19-9-16(20(18)3)15-7-5-4-6-8-15/h4-9,13-14H,10-12H2,1-3H3/t13-,14-/m0/s1. The molecule has 1 amide bonds. The van der Waals surface area contributed by atoms with E-state index in [1.165, 1.54) is 11.8 Å². The summed E-state index contributed by atoms with van der Waals surface area (Å²) in [6, 6.07) is 10.2. The van der Waals surface area contributed by atoms with Crippen LogP contribution >= 0.6 is 11.8 Å². The van der Waals surface area contributed by atoms with Crippen LogP contribution in [0.3, 0.4) is 0 Å². The first-order valence-corrected chi connectivity index (χ1v) is 9.16. The highest BCUT2D eigenvalue weighted by molar-refractivity contribution is 7.99. The molecule has 2 atom stereocenters. The molecular formula is C18H23N3O2S. The molecule has 5 nitrogen and oxygen atoms in total. The van der Waals surface area contributed by atoms with Crippen molar-refractivity contribution in [1.82, 2.24) is 14.5 Å². The Morgan fingerprint density at radius 3 is 2.58 bits per heavy atom.